The highest BCUT2D eigenvalue weighted by molar-refractivity contribution is 5.98. The molecule has 1 fully saturated rings. The Morgan fingerprint density at radius 1 is 1.14 bits per heavy atom. The van der Waals surface area contributed by atoms with Crippen molar-refractivity contribution in [1.29, 1.82) is 0 Å². The highest BCUT2D eigenvalue weighted by Crippen LogP contribution is 2.47. The van der Waals surface area contributed by atoms with Crippen LogP contribution in [-0.4, -0.2) is 80.1 Å². The fourth-order valence-electron chi connectivity index (χ4n) is 6.53. The van der Waals surface area contributed by atoms with Crippen molar-refractivity contribution in [2.45, 2.75) is 57.5 Å². The van der Waals surface area contributed by atoms with Crippen LogP contribution in [0.3, 0.4) is 0 Å². The minimum Gasteiger partial charge on any atom is -0.486 e. The van der Waals surface area contributed by atoms with Crippen LogP contribution in [0.25, 0.3) is 22.2 Å². The number of likely N-dealkylation sites (N-methyl/N-ethyl adjacent to an activating group) is 1. The molecule has 1 aliphatic heterocycles. The normalized spacial score (nSPS) is 19.4. The molecular formula is C32H39FN6O3. The van der Waals surface area contributed by atoms with E-state index in [1.165, 1.54) is 0 Å². The average Bonchev–Trinajstić information content (AvgIpc) is 3.52. The molecule has 2 atom stereocenters. The number of carboxylic acids is 1. The van der Waals surface area contributed by atoms with Gasteiger partial charge in [0.1, 0.15) is 24.9 Å². The molecule has 0 saturated heterocycles. The second-order valence-corrected chi connectivity index (χ2v) is 11.9. The van der Waals surface area contributed by atoms with Gasteiger partial charge < -0.3 is 19.3 Å². The molecule has 0 amide bonds. The molecule has 2 aromatic heterocycles. The Bertz CT molecular complexity index is 1590. The summed E-state index contributed by atoms with van der Waals surface area (Å²) in [5, 5.41) is 15.1. The molecule has 1 saturated carbocycles. The SMILES string of the molecule is CN(C)CCN1CCn2c(c([C@H]3CCCC[C@@H]3F)c3ccc(C(=O)O)cc32)-c2ccc(OCc3ncn(C)n3)cc2C1. The van der Waals surface area contributed by atoms with Gasteiger partial charge in [0.2, 0.25) is 0 Å². The largest absolute Gasteiger partial charge is 0.486 e. The number of carboxylic acid groups (broad SMARTS) is 1. The highest BCUT2D eigenvalue weighted by atomic mass is 19.1. The molecule has 0 radical (unpaired) electrons. The number of fused-ring (bicyclic) bond motifs is 5. The number of halogens is 1. The maximum atomic E-state index is 15.7. The minimum atomic E-state index is -0.960. The van der Waals surface area contributed by atoms with Gasteiger partial charge in [0.15, 0.2) is 5.82 Å². The van der Waals surface area contributed by atoms with E-state index in [2.05, 4.69) is 50.7 Å². The minimum absolute atomic E-state index is 0.226. The first-order valence-electron chi connectivity index (χ1n) is 14.8. The zero-order valence-corrected chi connectivity index (χ0v) is 24.6. The molecule has 0 spiro atoms. The van der Waals surface area contributed by atoms with Crippen LogP contribution in [0.1, 0.15) is 58.9 Å². The Hall–Kier alpha value is -3.76. The van der Waals surface area contributed by atoms with Gasteiger partial charge >= 0.3 is 5.97 Å². The number of hydrogen-bond donors (Lipinski definition) is 1. The standard InChI is InChI=1S/C32H39FN6O3/c1-36(2)12-13-38-14-15-39-28-17-21(32(40)41)8-10-26(28)30(25-6-4-5-7-27(25)33)31(39)24-11-9-23(16-22(24)18-38)42-19-29-34-20-37(3)35-29/h8-11,16-17,20,25,27H,4-7,12-15,18-19H2,1-3H3,(H,40,41)/t25-,27-/m0/s1. The summed E-state index contributed by atoms with van der Waals surface area (Å²) in [5.41, 5.74) is 5.29. The Morgan fingerprint density at radius 3 is 2.71 bits per heavy atom. The maximum Gasteiger partial charge on any atom is 0.335 e. The summed E-state index contributed by atoms with van der Waals surface area (Å²) in [6, 6.07) is 11.5. The summed E-state index contributed by atoms with van der Waals surface area (Å²) in [6.45, 7) is 4.26. The lowest BCUT2D eigenvalue weighted by Crippen LogP contribution is -2.35. The fourth-order valence-corrected chi connectivity index (χ4v) is 6.53. The van der Waals surface area contributed by atoms with Gasteiger partial charge in [-0.3, -0.25) is 9.58 Å². The molecule has 6 rings (SSSR count). The monoisotopic (exact) mass is 574 g/mol. The van der Waals surface area contributed by atoms with E-state index < -0.39 is 12.1 Å². The molecule has 1 aliphatic carbocycles. The first kappa shape index (κ1) is 28.4. The molecule has 9 nitrogen and oxygen atoms in total. The third-order valence-corrected chi connectivity index (χ3v) is 8.65. The van der Waals surface area contributed by atoms with Crippen LogP contribution in [0.15, 0.2) is 42.7 Å². The number of aromatic carboxylic acids is 1. The molecule has 2 aliphatic rings. The third-order valence-electron chi connectivity index (χ3n) is 8.65. The third kappa shape index (κ3) is 5.65. The number of benzene rings is 2. The van der Waals surface area contributed by atoms with Gasteiger partial charge in [-0.25, -0.2) is 14.2 Å². The predicted octanol–water partition coefficient (Wildman–Crippen LogP) is 5.09. The topological polar surface area (TPSA) is 88.6 Å². The van der Waals surface area contributed by atoms with Crippen molar-refractivity contribution in [1.82, 2.24) is 29.1 Å². The van der Waals surface area contributed by atoms with E-state index in [9.17, 15) is 9.90 Å². The number of carbonyl (C=O) groups is 1. The smallest absolute Gasteiger partial charge is 0.335 e. The number of aromatic nitrogens is 4. The van der Waals surface area contributed by atoms with E-state index in [4.69, 9.17) is 4.74 Å². The van der Waals surface area contributed by atoms with Gasteiger partial charge in [-0.15, -0.1) is 0 Å². The number of rotatable bonds is 8. The van der Waals surface area contributed by atoms with Gasteiger partial charge in [0.25, 0.3) is 0 Å². The molecule has 0 bridgehead atoms. The summed E-state index contributed by atoms with van der Waals surface area (Å²) in [6.07, 6.45) is 3.97. The first-order chi connectivity index (χ1) is 20.3. The molecule has 1 N–H and O–H groups in total. The number of aryl methyl sites for hydroxylation is 1. The number of alkyl halides is 1. The van der Waals surface area contributed by atoms with E-state index in [-0.39, 0.29) is 18.1 Å². The number of nitrogens with zero attached hydrogens (tertiary/aromatic N) is 6. The van der Waals surface area contributed by atoms with Gasteiger partial charge in [0, 0.05) is 62.2 Å². The van der Waals surface area contributed by atoms with Crippen molar-refractivity contribution in [3.63, 3.8) is 0 Å². The first-order valence-corrected chi connectivity index (χ1v) is 14.8. The molecule has 222 valence electrons. The molecule has 0 unspecified atom stereocenters. The van der Waals surface area contributed by atoms with Crippen LogP contribution in [0.2, 0.25) is 0 Å². The number of ether oxygens (including phenoxy) is 1. The lowest BCUT2D eigenvalue weighted by atomic mass is 9.80. The van der Waals surface area contributed by atoms with Crippen LogP contribution >= 0.6 is 0 Å². The van der Waals surface area contributed by atoms with Crippen LogP contribution < -0.4 is 4.74 Å². The van der Waals surface area contributed by atoms with Crippen molar-refractivity contribution < 1.29 is 19.0 Å². The van der Waals surface area contributed by atoms with Crippen molar-refractivity contribution in [2.75, 3.05) is 33.7 Å². The van der Waals surface area contributed by atoms with Crippen molar-refractivity contribution >= 4 is 16.9 Å². The molecule has 4 aromatic rings. The summed E-state index contributed by atoms with van der Waals surface area (Å²) in [5.74, 6) is 0.155. The maximum absolute atomic E-state index is 15.7. The van der Waals surface area contributed by atoms with E-state index in [1.807, 2.05) is 19.2 Å². The quantitative estimate of drug-likeness (QED) is 0.314. The highest BCUT2D eigenvalue weighted by Gasteiger charge is 2.34. The van der Waals surface area contributed by atoms with E-state index >= 15 is 4.39 Å². The Kier molecular flexibility index (Phi) is 8.00. The van der Waals surface area contributed by atoms with E-state index in [0.29, 0.717) is 18.8 Å². The van der Waals surface area contributed by atoms with E-state index in [1.54, 1.807) is 23.1 Å². The zero-order chi connectivity index (χ0) is 29.4. The molecule has 3 heterocycles. The molecular weight excluding hydrogens is 535 g/mol. The lowest BCUT2D eigenvalue weighted by Gasteiger charge is -2.31. The zero-order valence-electron chi connectivity index (χ0n) is 24.6. The van der Waals surface area contributed by atoms with Crippen molar-refractivity contribution in [2.24, 2.45) is 7.05 Å². The van der Waals surface area contributed by atoms with Crippen LogP contribution in [0.4, 0.5) is 4.39 Å². The molecule has 10 heteroatoms. The second kappa shape index (κ2) is 11.9. The van der Waals surface area contributed by atoms with Gasteiger partial charge in [0.05, 0.1) is 11.3 Å². The molecule has 2 aromatic carbocycles. The summed E-state index contributed by atoms with van der Waals surface area (Å²) in [7, 11) is 5.98. The summed E-state index contributed by atoms with van der Waals surface area (Å²) >= 11 is 0. The number of hydrogen-bond acceptors (Lipinski definition) is 6. The van der Waals surface area contributed by atoms with Crippen LogP contribution in [0, 0.1) is 0 Å². The van der Waals surface area contributed by atoms with Crippen LogP contribution in [-0.2, 0) is 26.7 Å². The Morgan fingerprint density at radius 2 is 1.98 bits per heavy atom. The fraction of sp³-hybridized carbons (Fsp3) is 0.469. The molecule has 42 heavy (non-hydrogen) atoms. The van der Waals surface area contributed by atoms with Gasteiger partial charge in [-0.1, -0.05) is 18.9 Å². The van der Waals surface area contributed by atoms with Gasteiger partial charge in [-0.2, -0.15) is 5.10 Å². The Labute approximate surface area is 245 Å². The predicted molar refractivity (Wildman–Crippen MR) is 160 cm³/mol. The Balaban J connectivity index is 1.50. The lowest BCUT2D eigenvalue weighted by molar-refractivity contribution is 0.0697. The van der Waals surface area contributed by atoms with Crippen molar-refractivity contribution in [3.8, 4) is 17.0 Å². The summed E-state index contributed by atoms with van der Waals surface area (Å²) in [4.78, 5) is 20.9. The van der Waals surface area contributed by atoms with Crippen molar-refractivity contribution in [3.05, 3.63) is 65.2 Å². The summed E-state index contributed by atoms with van der Waals surface area (Å²) < 4.78 is 25.7. The van der Waals surface area contributed by atoms with E-state index in [0.717, 1.165) is 84.5 Å². The second-order valence-electron chi connectivity index (χ2n) is 11.9. The van der Waals surface area contributed by atoms with Crippen LogP contribution in [0.5, 0.6) is 5.75 Å². The average molecular weight is 575 g/mol. The van der Waals surface area contributed by atoms with Gasteiger partial charge in [-0.05, 0) is 68.4 Å².